The van der Waals surface area contributed by atoms with Gasteiger partial charge in [0.15, 0.2) is 0 Å². The highest BCUT2D eigenvalue weighted by molar-refractivity contribution is 7.89. The fourth-order valence-corrected chi connectivity index (χ4v) is 3.64. The topological polar surface area (TPSA) is 83.5 Å². The van der Waals surface area contributed by atoms with Crippen molar-refractivity contribution in [3.8, 4) is 0 Å². The maximum atomic E-state index is 12.6. The molecule has 1 fully saturated rings. The van der Waals surface area contributed by atoms with Crippen molar-refractivity contribution >= 4 is 16.0 Å². The van der Waals surface area contributed by atoms with E-state index in [4.69, 9.17) is 5.11 Å². The fraction of sp³-hybridized carbons (Fsp3) is 0.900. The summed E-state index contributed by atoms with van der Waals surface area (Å²) in [6, 6.07) is -1.23. The number of rotatable bonds is 6. The Bertz CT molecular complexity index is 414. The first-order valence-corrected chi connectivity index (χ1v) is 7.28. The van der Waals surface area contributed by atoms with Gasteiger partial charge in [-0.15, -0.1) is 0 Å². The van der Waals surface area contributed by atoms with E-state index in [0.717, 1.165) is 0 Å². The molecule has 0 aliphatic heterocycles. The number of alkyl halides is 2. The molecule has 0 heterocycles. The third-order valence-corrected chi connectivity index (χ3v) is 4.39. The summed E-state index contributed by atoms with van der Waals surface area (Å²) in [6.07, 6.45) is -0.902. The smallest absolute Gasteiger partial charge is 0.321 e. The lowest BCUT2D eigenvalue weighted by molar-refractivity contribution is -0.140. The Labute approximate surface area is 105 Å². The first-order valence-electron chi connectivity index (χ1n) is 5.63. The Morgan fingerprint density at radius 3 is 2.28 bits per heavy atom. The minimum Gasteiger partial charge on any atom is -0.480 e. The second-order valence-corrected chi connectivity index (χ2v) is 6.89. The second-order valence-electron chi connectivity index (χ2n) is 5.09. The molecule has 8 heteroatoms. The first kappa shape index (κ1) is 15.3. The van der Waals surface area contributed by atoms with Crippen LogP contribution in [0.5, 0.6) is 0 Å². The van der Waals surface area contributed by atoms with E-state index in [0.29, 0.717) is 0 Å². The molecule has 2 N–H and O–H groups in total. The molecule has 0 saturated heterocycles. The Balaban J connectivity index is 2.57. The maximum absolute atomic E-state index is 12.6. The van der Waals surface area contributed by atoms with Crippen molar-refractivity contribution in [2.45, 2.75) is 38.7 Å². The van der Waals surface area contributed by atoms with Crippen LogP contribution in [0.4, 0.5) is 8.78 Å². The summed E-state index contributed by atoms with van der Waals surface area (Å²) in [4.78, 5) is 10.8. The Morgan fingerprint density at radius 1 is 1.44 bits per heavy atom. The van der Waals surface area contributed by atoms with Gasteiger partial charge >= 0.3 is 5.97 Å². The molecule has 0 radical (unpaired) electrons. The van der Waals surface area contributed by atoms with E-state index in [2.05, 4.69) is 0 Å². The molecule has 18 heavy (non-hydrogen) atoms. The van der Waals surface area contributed by atoms with E-state index < -0.39 is 58.4 Å². The summed E-state index contributed by atoms with van der Waals surface area (Å²) >= 11 is 0. The van der Waals surface area contributed by atoms with Gasteiger partial charge in [-0.1, -0.05) is 13.8 Å². The molecule has 106 valence electrons. The molecule has 1 aliphatic rings. The Morgan fingerprint density at radius 2 is 1.94 bits per heavy atom. The van der Waals surface area contributed by atoms with Crippen LogP contribution < -0.4 is 4.72 Å². The van der Waals surface area contributed by atoms with E-state index in [-0.39, 0.29) is 0 Å². The van der Waals surface area contributed by atoms with Gasteiger partial charge in [-0.2, -0.15) is 0 Å². The molecule has 1 atom stereocenters. The predicted octanol–water partition coefficient (Wildman–Crippen LogP) is 1.06. The SMILES string of the molecule is CC(C)[C@H](NS(=O)(=O)CC1CC(F)(F)C1)C(=O)O. The van der Waals surface area contributed by atoms with Crippen molar-refractivity contribution in [1.29, 1.82) is 0 Å². The standard InChI is InChI=1S/C10H17F2NO4S/c1-6(2)8(9(14)15)13-18(16,17)5-7-3-10(11,12)4-7/h6-8,13H,3-5H2,1-2H3,(H,14,15)/t8-/m0/s1. The molecule has 0 unspecified atom stereocenters. The number of carboxylic acid groups (broad SMARTS) is 1. The van der Waals surface area contributed by atoms with E-state index >= 15 is 0 Å². The van der Waals surface area contributed by atoms with Crippen molar-refractivity contribution in [2.24, 2.45) is 11.8 Å². The van der Waals surface area contributed by atoms with E-state index in [1.165, 1.54) is 0 Å². The normalized spacial score (nSPS) is 21.6. The van der Waals surface area contributed by atoms with Crippen LogP contribution >= 0.6 is 0 Å². The zero-order valence-electron chi connectivity index (χ0n) is 10.2. The van der Waals surface area contributed by atoms with Gasteiger partial charge < -0.3 is 5.11 Å². The highest BCUT2D eigenvalue weighted by atomic mass is 32.2. The number of nitrogens with one attached hydrogen (secondary N) is 1. The molecule has 0 spiro atoms. The monoisotopic (exact) mass is 285 g/mol. The molecule has 0 aromatic carbocycles. The third-order valence-electron chi connectivity index (χ3n) is 2.87. The number of hydrogen-bond donors (Lipinski definition) is 2. The molecule has 0 amide bonds. The van der Waals surface area contributed by atoms with Gasteiger partial charge in [-0.3, -0.25) is 4.79 Å². The quantitative estimate of drug-likeness (QED) is 0.764. The van der Waals surface area contributed by atoms with E-state index in [1.54, 1.807) is 13.8 Å². The average molecular weight is 285 g/mol. The van der Waals surface area contributed by atoms with Crippen LogP contribution in [0.2, 0.25) is 0 Å². The van der Waals surface area contributed by atoms with Gasteiger partial charge in [-0.05, 0) is 11.8 Å². The number of carbonyl (C=O) groups is 1. The second kappa shape index (κ2) is 5.08. The molecule has 1 rings (SSSR count). The van der Waals surface area contributed by atoms with Crippen LogP contribution in [-0.2, 0) is 14.8 Å². The van der Waals surface area contributed by atoms with Crippen molar-refractivity contribution in [2.75, 3.05) is 5.75 Å². The van der Waals surface area contributed by atoms with Crippen molar-refractivity contribution in [1.82, 2.24) is 4.72 Å². The lowest BCUT2D eigenvalue weighted by atomic mass is 9.83. The van der Waals surface area contributed by atoms with Gasteiger partial charge in [-0.25, -0.2) is 21.9 Å². The predicted molar refractivity (Wildman–Crippen MR) is 60.9 cm³/mol. The largest absolute Gasteiger partial charge is 0.480 e. The summed E-state index contributed by atoms with van der Waals surface area (Å²) < 4.78 is 50.5. The maximum Gasteiger partial charge on any atom is 0.321 e. The summed E-state index contributed by atoms with van der Waals surface area (Å²) in [7, 11) is -3.85. The number of aliphatic carboxylic acids is 1. The van der Waals surface area contributed by atoms with Crippen molar-refractivity contribution in [3.05, 3.63) is 0 Å². The molecular formula is C10H17F2NO4S. The lowest BCUT2D eigenvalue weighted by Crippen LogP contribution is -2.48. The molecule has 0 aromatic heterocycles. The minimum absolute atomic E-state index is 0.417. The van der Waals surface area contributed by atoms with Crippen LogP contribution in [0.25, 0.3) is 0 Å². The molecular weight excluding hydrogens is 268 g/mol. The van der Waals surface area contributed by atoms with E-state index in [1.807, 2.05) is 4.72 Å². The zero-order valence-corrected chi connectivity index (χ0v) is 11.0. The zero-order chi connectivity index (χ0) is 14.1. The fourth-order valence-electron chi connectivity index (χ4n) is 1.93. The highest BCUT2D eigenvalue weighted by Gasteiger charge is 2.47. The summed E-state index contributed by atoms with van der Waals surface area (Å²) in [5.41, 5.74) is 0. The lowest BCUT2D eigenvalue weighted by Gasteiger charge is -2.34. The molecule has 0 aromatic rings. The highest BCUT2D eigenvalue weighted by Crippen LogP contribution is 2.42. The Hall–Kier alpha value is -0.760. The van der Waals surface area contributed by atoms with Crippen LogP contribution in [0.1, 0.15) is 26.7 Å². The van der Waals surface area contributed by atoms with Gasteiger partial charge in [0.25, 0.3) is 0 Å². The van der Waals surface area contributed by atoms with Gasteiger partial charge in [0.2, 0.25) is 15.9 Å². The van der Waals surface area contributed by atoms with Crippen LogP contribution in [0, 0.1) is 11.8 Å². The molecule has 1 saturated carbocycles. The number of halogens is 2. The third kappa shape index (κ3) is 4.16. The summed E-state index contributed by atoms with van der Waals surface area (Å²) in [5.74, 6) is -5.50. The minimum atomic E-state index is -3.85. The number of hydrogen-bond acceptors (Lipinski definition) is 3. The van der Waals surface area contributed by atoms with Crippen molar-refractivity contribution in [3.63, 3.8) is 0 Å². The number of carboxylic acids is 1. The van der Waals surface area contributed by atoms with Crippen LogP contribution in [-0.4, -0.2) is 37.2 Å². The average Bonchev–Trinajstić information content (AvgIpc) is 2.09. The summed E-state index contributed by atoms with van der Waals surface area (Å²) in [5, 5.41) is 8.85. The van der Waals surface area contributed by atoms with Crippen molar-refractivity contribution < 1.29 is 27.1 Å². The van der Waals surface area contributed by atoms with E-state index in [9.17, 15) is 22.0 Å². The summed E-state index contributed by atoms with van der Waals surface area (Å²) in [6.45, 7) is 3.14. The number of sulfonamides is 1. The van der Waals surface area contributed by atoms with Crippen LogP contribution in [0.3, 0.4) is 0 Å². The van der Waals surface area contributed by atoms with Crippen LogP contribution in [0.15, 0.2) is 0 Å². The first-order chi connectivity index (χ1) is 8.02. The van der Waals surface area contributed by atoms with Gasteiger partial charge in [0.05, 0.1) is 5.75 Å². The van der Waals surface area contributed by atoms with Gasteiger partial charge in [0, 0.05) is 12.8 Å². The Kier molecular flexibility index (Phi) is 4.32. The molecule has 0 bridgehead atoms. The molecule has 1 aliphatic carbocycles. The van der Waals surface area contributed by atoms with Gasteiger partial charge in [0.1, 0.15) is 6.04 Å². The molecule has 5 nitrogen and oxygen atoms in total.